The second-order valence-corrected chi connectivity index (χ2v) is 11.7. The summed E-state index contributed by atoms with van der Waals surface area (Å²) in [6.45, 7) is 6.83. The van der Waals surface area contributed by atoms with Crippen molar-refractivity contribution in [2.24, 2.45) is 0 Å². The molecule has 2 aromatic heterocycles. The van der Waals surface area contributed by atoms with E-state index in [2.05, 4.69) is 27.2 Å². The Morgan fingerprint density at radius 3 is 2.74 bits per heavy atom. The van der Waals surface area contributed by atoms with Crippen LogP contribution in [0.4, 0.5) is 13.2 Å². The molecule has 6 rings (SSSR count). The van der Waals surface area contributed by atoms with Gasteiger partial charge in [0.05, 0.1) is 22.6 Å². The van der Waals surface area contributed by atoms with E-state index in [0.29, 0.717) is 34.7 Å². The third-order valence-corrected chi connectivity index (χ3v) is 8.66. The quantitative estimate of drug-likeness (QED) is 0.159. The summed E-state index contributed by atoms with van der Waals surface area (Å²) in [5.74, 6) is -1.60. The van der Waals surface area contributed by atoms with Crippen LogP contribution in [0.25, 0.3) is 22.3 Å². The van der Waals surface area contributed by atoms with E-state index in [0.717, 1.165) is 17.0 Å². The van der Waals surface area contributed by atoms with E-state index in [1.165, 1.54) is 23.9 Å². The Bertz CT molecular complexity index is 1780. The molecule has 1 aliphatic heterocycles. The van der Waals surface area contributed by atoms with Gasteiger partial charge in [0.2, 0.25) is 5.82 Å². The van der Waals surface area contributed by atoms with Gasteiger partial charge >= 0.3 is 0 Å². The average Bonchev–Trinajstić information content (AvgIpc) is 3.67. The zero-order chi connectivity index (χ0) is 29.6. The van der Waals surface area contributed by atoms with Crippen LogP contribution in [0.1, 0.15) is 44.0 Å². The molecule has 218 valence electrons. The van der Waals surface area contributed by atoms with E-state index < -0.39 is 22.9 Å². The molecule has 0 aliphatic carbocycles. The molecule has 1 aliphatic rings. The molecule has 1 atom stereocenters. The summed E-state index contributed by atoms with van der Waals surface area (Å²) in [5, 5.41) is 3.76. The molecule has 6 nitrogen and oxygen atoms in total. The van der Waals surface area contributed by atoms with Crippen molar-refractivity contribution >= 4 is 22.7 Å². The van der Waals surface area contributed by atoms with Gasteiger partial charge in [-0.1, -0.05) is 32.0 Å². The number of hydrogen-bond donors (Lipinski definition) is 3. The lowest BCUT2D eigenvalue weighted by Gasteiger charge is -2.34. The van der Waals surface area contributed by atoms with Crippen molar-refractivity contribution in [2.75, 3.05) is 12.9 Å². The normalized spacial score (nSPS) is 16.6. The minimum atomic E-state index is -1.12. The highest BCUT2D eigenvalue weighted by Crippen LogP contribution is 2.45. The standard InChI is InChI=1S/C32H31F3N4O2S/c1-17(2)37-15-18-13-22(33)20(14-24(18)41-29-27(35)26(34)28-19(9-11-36-28)30(29)42-4)31-38-16-25(39-31)32(3)10-12-40-23-8-6-5-7-21(23)32/h5-9,11,13-14,16-17,36-37H,10,12,15H2,1-4H3,(H,38,39). The monoisotopic (exact) mass is 592 g/mol. The summed E-state index contributed by atoms with van der Waals surface area (Å²) < 4.78 is 58.1. The van der Waals surface area contributed by atoms with Crippen molar-refractivity contribution in [1.82, 2.24) is 20.3 Å². The lowest BCUT2D eigenvalue weighted by Crippen LogP contribution is -2.31. The van der Waals surface area contributed by atoms with Gasteiger partial charge in [-0.3, -0.25) is 0 Å². The van der Waals surface area contributed by atoms with Gasteiger partial charge in [-0.05, 0) is 43.9 Å². The highest BCUT2D eigenvalue weighted by atomic mass is 32.2. The Morgan fingerprint density at radius 2 is 1.95 bits per heavy atom. The number of aromatic amines is 2. The number of hydrogen-bond acceptors (Lipinski definition) is 5. The summed E-state index contributed by atoms with van der Waals surface area (Å²) in [7, 11) is 0. The minimum absolute atomic E-state index is 0.0667. The molecule has 0 saturated heterocycles. The number of benzene rings is 3. The van der Waals surface area contributed by atoms with Crippen molar-refractivity contribution in [3.63, 3.8) is 0 Å². The van der Waals surface area contributed by atoms with Crippen molar-refractivity contribution < 1.29 is 22.6 Å². The van der Waals surface area contributed by atoms with Crippen LogP contribution in [0.15, 0.2) is 59.8 Å². The molecule has 3 heterocycles. The minimum Gasteiger partial charge on any atom is -0.493 e. The molecule has 1 unspecified atom stereocenters. The highest BCUT2D eigenvalue weighted by molar-refractivity contribution is 7.99. The second kappa shape index (κ2) is 11.1. The highest BCUT2D eigenvalue weighted by Gasteiger charge is 2.36. The summed E-state index contributed by atoms with van der Waals surface area (Å²) in [6.07, 6.45) is 5.75. The molecule has 3 aromatic carbocycles. The number of nitrogens with one attached hydrogen (secondary N) is 3. The Balaban J connectivity index is 1.44. The lowest BCUT2D eigenvalue weighted by atomic mass is 9.75. The number of aromatic nitrogens is 3. The van der Waals surface area contributed by atoms with Crippen LogP contribution in [0.3, 0.4) is 0 Å². The number of rotatable bonds is 8. The van der Waals surface area contributed by atoms with E-state index in [4.69, 9.17) is 9.47 Å². The molecule has 10 heteroatoms. The molecule has 0 amide bonds. The maximum atomic E-state index is 15.7. The van der Waals surface area contributed by atoms with E-state index >= 15 is 13.2 Å². The van der Waals surface area contributed by atoms with Gasteiger partial charge in [0, 0.05) is 52.6 Å². The maximum absolute atomic E-state index is 15.7. The Hall–Kier alpha value is -3.89. The molecule has 0 fully saturated rings. The van der Waals surface area contributed by atoms with E-state index in [1.807, 2.05) is 38.1 Å². The van der Waals surface area contributed by atoms with Crippen molar-refractivity contribution in [3.8, 4) is 28.6 Å². The molecule has 0 saturated carbocycles. The molecule has 42 heavy (non-hydrogen) atoms. The van der Waals surface area contributed by atoms with E-state index in [1.54, 1.807) is 24.7 Å². The number of para-hydroxylation sites is 1. The lowest BCUT2D eigenvalue weighted by molar-refractivity contribution is 0.241. The van der Waals surface area contributed by atoms with Gasteiger partial charge in [0.1, 0.15) is 23.1 Å². The van der Waals surface area contributed by atoms with Crippen molar-refractivity contribution in [1.29, 1.82) is 0 Å². The number of halogens is 3. The topological polar surface area (TPSA) is 75.0 Å². The maximum Gasteiger partial charge on any atom is 0.204 e. The molecule has 3 N–H and O–H groups in total. The fourth-order valence-corrected chi connectivity index (χ4v) is 6.17. The fraction of sp³-hybridized carbons (Fsp3) is 0.281. The molecule has 0 spiro atoms. The first-order valence-electron chi connectivity index (χ1n) is 13.7. The first-order chi connectivity index (χ1) is 20.2. The Labute approximate surface area is 246 Å². The zero-order valence-electron chi connectivity index (χ0n) is 23.7. The van der Waals surface area contributed by atoms with Gasteiger partial charge in [0.15, 0.2) is 11.6 Å². The van der Waals surface area contributed by atoms with Crippen LogP contribution in [0.5, 0.6) is 17.2 Å². The predicted octanol–water partition coefficient (Wildman–Crippen LogP) is 8.08. The fourth-order valence-electron chi connectivity index (χ4n) is 5.47. The SMILES string of the molecule is CSc1c(Oc2cc(-c3ncc(C4(C)CCOc5ccccc54)[nH]3)c(F)cc2CNC(C)C)c(F)c(F)c2[nH]ccc12. The number of fused-ring (bicyclic) bond motifs is 2. The van der Waals surface area contributed by atoms with Gasteiger partial charge < -0.3 is 24.8 Å². The molecule has 0 bridgehead atoms. The number of thioether (sulfide) groups is 1. The van der Waals surface area contributed by atoms with Crippen LogP contribution in [-0.2, 0) is 12.0 Å². The first kappa shape index (κ1) is 28.2. The van der Waals surface area contributed by atoms with Crippen LogP contribution in [0.2, 0.25) is 0 Å². The van der Waals surface area contributed by atoms with Gasteiger partial charge in [0.25, 0.3) is 0 Å². The number of nitrogens with zero attached hydrogens (tertiary/aromatic N) is 1. The van der Waals surface area contributed by atoms with Crippen LogP contribution in [-0.4, -0.2) is 33.9 Å². The van der Waals surface area contributed by atoms with Gasteiger partial charge in [-0.15, -0.1) is 11.8 Å². The predicted molar refractivity (Wildman–Crippen MR) is 159 cm³/mol. The number of H-pyrrole nitrogens is 2. The van der Waals surface area contributed by atoms with Crippen LogP contribution >= 0.6 is 11.8 Å². The third-order valence-electron chi connectivity index (χ3n) is 7.84. The number of imidazole rings is 1. The largest absolute Gasteiger partial charge is 0.493 e. The van der Waals surface area contributed by atoms with Crippen molar-refractivity contribution in [3.05, 3.63) is 89.1 Å². The average molecular weight is 593 g/mol. The molecule has 0 radical (unpaired) electrons. The summed E-state index contributed by atoms with van der Waals surface area (Å²) >= 11 is 1.24. The first-order valence-corrected chi connectivity index (χ1v) is 15.0. The molecule has 5 aromatic rings. The smallest absolute Gasteiger partial charge is 0.204 e. The third kappa shape index (κ3) is 4.82. The summed E-state index contributed by atoms with van der Waals surface area (Å²) in [5.41, 5.74) is 2.10. The zero-order valence-corrected chi connectivity index (χ0v) is 24.5. The van der Waals surface area contributed by atoms with Crippen LogP contribution < -0.4 is 14.8 Å². The summed E-state index contributed by atoms with van der Waals surface area (Å²) in [6, 6.07) is 12.5. The Kier molecular flexibility index (Phi) is 7.44. The summed E-state index contributed by atoms with van der Waals surface area (Å²) in [4.78, 5) is 11.1. The van der Waals surface area contributed by atoms with Gasteiger partial charge in [-0.25, -0.2) is 13.8 Å². The number of ether oxygens (including phenoxy) is 2. The van der Waals surface area contributed by atoms with Gasteiger partial charge in [-0.2, -0.15) is 4.39 Å². The second-order valence-electron chi connectivity index (χ2n) is 10.9. The Morgan fingerprint density at radius 1 is 1.14 bits per heavy atom. The molecular formula is C32H31F3N4O2S. The van der Waals surface area contributed by atoms with E-state index in [9.17, 15) is 0 Å². The van der Waals surface area contributed by atoms with E-state index in [-0.39, 0.29) is 35.2 Å². The van der Waals surface area contributed by atoms with Crippen LogP contribution in [0, 0.1) is 17.5 Å². The van der Waals surface area contributed by atoms with Crippen molar-refractivity contribution in [2.45, 2.75) is 50.1 Å². The molecular weight excluding hydrogens is 561 g/mol.